The maximum atomic E-state index is 12.1. The van der Waals surface area contributed by atoms with Gasteiger partial charge in [0.15, 0.2) is 5.65 Å². The summed E-state index contributed by atoms with van der Waals surface area (Å²) in [5.74, 6) is -0.380. The van der Waals surface area contributed by atoms with Crippen molar-refractivity contribution in [3.05, 3.63) is 18.0 Å². The van der Waals surface area contributed by atoms with E-state index in [2.05, 4.69) is 15.4 Å². The molecule has 0 unspecified atom stereocenters. The zero-order valence-electron chi connectivity index (χ0n) is 12.2. The minimum Gasteiger partial charge on any atom is -0.507 e. The Bertz CT molecular complexity index is 757. The Morgan fingerprint density at radius 1 is 1.43 bits per heavy atom. The zero-order valence-corrected chi connectivity index (χ0v) is 13.0. The first-order chi connectivity index (χ1) is 11.1. The molecule has 2 aromatic rings. The predicted octanol–water partition coefficient (Wildman–Crippen LogP) is 1.14. The van der Waals surface area contributed by atoms with Crippen LogP contribution in [0.2, 0.25) is 0 Å². The normalized spacial score (nSPS) is 14.1. The molecular weight excluding hydrogens is 320 g/mol. The fraction of sp³-hybridized carbons (Fsp3) is 0.429. The number of aromatic nitrogens is 3. The number of carbonyl (C=O) groups excluding carboxylic acids is 1. The molecule has 23 heavy (non-hydrogen) atoms. The third-order valence-corrected chi connectivity index (χ3v) is 4.62. The van der Waals surface area contributed by atoms with Crippen LogP contribution in [-0.2, 0) is 4.79 Å². The first kappa shape index (κ1) is 15.6. The first-order valence-electron chi connectivity index (χ1n) is 7.24. The smallest absolute Gasteiger partial charge is 0.322 e. The number of hydrogen-bond acceptors (Lipinski definition) is 6. The van der Waals surface area contributed by atoms with E-state index in [0.29, 0.717) is 5.03 Å². The van der Waals surface area contributed by atoms with Crippen LogP contribution in [0.25, 0.3) is 5.65 Å². The number of rotatable bonds is 7. The molecule has 0 spiro atoms. The Hall–Kier alpha value is -2.29. The van der Waals surface area contributed by atoms with Gasteiger partial charge in [0, 0.05) is 6.07 Å². The largest absolute Gasteiger partial charge is 0.507 e. The Balaban J connectivity index is 1.84. The molecular formula is C14H16N4O4S. The van der Waals surface area contributed by atoms with Crippen molar-refractivity contribution < 1.29 is 19.8 Å². The molecule has 0 radical (unpaired) electrons. The van der Waals surface area contributed by atoms with Crippen molar-refractivity contribution in [2.45, 2.75) is 24.3 Å². The molecule has 122 valence electrons. The van der Waals surface area contributed by atoms with Gasteiger partial charge in [-0.15, -0.1) is 11.8 Å². The molecule has 1 aliphatic rings. The van der Waals surface area contributed by atoms with Gasteiger partial charge in [-0.1, -0.05) is 12.8 Å². The standard InChI is InChI=1S/C14H16N4O4S/c19-9-5-10(23-4-3-8-1-2-8)18-13(16-7-17-18)12(9)14(22)15-6-11(20)21/h5,7-8,19H,1-4,6H2,(H,15,22)(H,20,21). The van der Waals surface area contributed by atoms with Crippen LogP contribution in [0.1, 0.15) is 29.6 Å². The predicted molar refractivity (Wildman–Crippen MR) is 82.7 cm³/mol. The van der Waals surface area contributed by atoms with Gasteiger partial charge in [-0.05, 0) is 18.1 Å². The summed E-state index contributed by atoms with van der Waals surface area (Å²) in [6.45, 7) is -0.531. The first-order valence-corrected chi connectivity index (χ1v) is 8.23. The molecule has 0 atom stereocenters. The molecule has 0 bridgehead atoms. The zero-order chi connectivity index (χ0) is 16.4. The van der Waals surface area contributed by atoms with Crippen molar-refractivity contribution in [2.75, 3.05) is 12.3 Å². The number of aromatic hydroxyl groups is 1. The number of nitrogens with zero attached hydrogens (tertiary/aromatic N) is 3. The minimum atomic E-state index is -1.16. The van der Waals surface area contributed by atoms with E-state index in [1.54, 1.807) is 11.8 Å². The number of hydrogen-bond donors (Lipinski definition) is 3. The summed E-state index contributed by atoms with van der Waals surface area (Å²) in [5.41, 5.74) is 0.136. The van der Waals surface area contributed by atoms with E-state index in [0.717, 1.165) is 18.1 Å². The SMILES string of the molecule is O=C(O)CNC(=O)c1c(O)cc(SCCC2CC2)n2ncnc12. The van der Waals surface area contributed by atoms with Crippen molar-refractivity contribution in [2.24, 2.45) is 5.92 Å². The average Bonchev–Trinajstić information content (AvgIpc) is 3.19. The highest BCUT2D eigenvalue weighted by molar-refractivity contribution is 7.99. The molecule has 8 nitrogen and oxygen atoms in total. The number of aliphatic carboxylic acids is 1. The van der Waals surface area contributed by atoms with Crippen molar-refractivity contribution in [3.8, 4) is 5.75 Å². The monoisotopic (exact) mass is 336 g/mol. The number of fused-ring (bicyclic) bond motifs is 1. The molecule has 9 heteroatoms. The quantitative estimate of drug-likeness (QED) is 0.649. The fourth-order valence-corrected chi connectivity index (χ4v) is 3.35. The summed E-state index contributed by atoms with van der Waals surface area (Å²) in [5, 5.41) is 25.8. The lowest BCUT2D eigenvalue weighted by atomic mass is 10.2. The van der Waals surface area contributed by atoms with Crippen molar-refractivity contribution in [1.29, 1.82) is 0 Å². The Morgan fingerprint density at radius 3 is 2.91 bits per heavy atom. The van der Waals surface area contributed by atoms with Gasteiger partial charge in [0.05, 0.1) is 0 Å². The lowest BCUT2D eigenvalue weighted by Gasteiger charge is -2.10. The summed E-state index contributed by atoms with van der Waals surface area (Å²) in [7, 11) is 0. The Kier molecular flexibility index (Phi) is 4.37. The van der Waals surface area contributed by atoms with Crippen LogP contribution in [0.3, 0.4) is 0 Å². The van der Waals surface area contributed by atoms with Crippen molar-refractivity contribution >= 4 is 29.3 Å². The molecule has 1 aliphatic carbocycles. The molecule has 3 rings (SSSR count). The second-order valence-corrected chi connectivity index (χ2v) is 6.51. The highest BCUT2D eigenvalue weighted by atomic mass is 32.2. The topological polar surface area (TPSA) is 117 Å². The van der Waals surface area contributed by atoms with Crippen molar-refractivity contribution in [1.82, 2.24) is 19.9 Å². The Labute approximate surface area is 135 Å². The second kappa shape index (κ2) is 6.45. The number of carbonyl (C=O) groups is 2. The average molecular weight is 336 g/mol. The van der Waals surface area contributed by atoms with Crippen LogP contribution in [0.5, 0.6) is 5.75 Å². The lowest BCUT2D eigenvalue weighted by molar-refractivity contribution is -0.135. The van der Waals surface area contributed by atoms with E-state index in [1.807, 2.05) is 0 Å². The second-order valence-electron chi connectivity index (χ2n) is 5.40. The molecule has 2 heterocycles. The molecule has 1 fully saturated rings. The van der Waals surface area contributed by atoms with Gasteiger partial charge < -0.3 is 15.5 Å². The fourth-order valence-electron chi connectivity index (χ4n) is 2.24. The summed E-state index contributed by atoms with van der Waals surface area (Å²) in [6, 6.07) is 1.47. The molecule has 0 saturated heterocycles. The number of amides is 1. The molecule has 2 aromatic heterocycles. The highest BCUT2D eigenvalue weighted by Gasteiger charge is 2.23. The van der Waals surface area contributed by atoms with Gasteiger partial charge in [0.25, 0.3) is 5.91 Å². The molecule has 3 N–H and O–H groups in total. The van der Waals surface area contributed by atoms with E-state index in [4.69, 9.17) is 5.11 Å². The van der Waals surface area contributed by atoms with Crippen LogP contribution >= 0.6 is 11.8 Å². The van der Waals surface area contributed by atoms with Gasteiger partial charge >= 0.3 is 5.97 Å². The van der Waals surface area contributed by atoms with Gasteiger partial charge in [0.1, 0.15) is 29.2 Å². The van der Waals surface area contributed by atoms with Crippen LogP contribution in [-0.4, -0.2) is 49.0 Å². The maximum absolute atomic E-state index is 12.1. The number of carboxylic acid groups (broad SMARTS) is 1. The third-order valence-electron chi connectivity index (χ3n) is 3.60. The van der Waals surface area contributed by atoms with Crippen LogP contribution in [0.4, 0.5) is 0 Å². The molecule has 1 amide bonds. The lowest BCUT2D eigenvalue weighted by Crippen LogP contribution is -2.29. The van der Waals surface area contributed by atoms with Gasteiger partial charge in [-0.3, -0.25) is 9.59 Å². The summed E-state index contributed by atoms with van der Waals surface area (Å²) < 4.78 is 1.49. The van der Waals surface area contributed by atoms with Gasteiger partial charge in [-0.2, -0.15) is 5.10 Å². The van der Waals surface area contributed by atoms with Crippen LogP contribution < -0.4 is 5.32 Å². The number of carboxylic acids is 1. The van der Waals surface area contributed by atoms with E-state index < -0.39 is 18.4 Å². The van der Waals surface area contributed by atoms with E-state index >= 15 is 0 Å². The minimum absolute atomic E-state index is 0.0738. The summed E-state index contributed by atoms with van der Waals surface area (Å²) in [4.78, 5) is 26.6. The summed E-state index contributed by atoms with van der Waals surface area (Å²) >= 11 is 1.55. The van der Waals surface area contributed by atoms with Crippen LogP contribution in [0.15, 0.2) is 17.4 Å². The number of thioether (sulfide) groups is 1. The maximum Gasteiger partial charge on any atom is 0.322 e. The van der Waals surface area contributed by atoms with Gasteiger partial charge in [-0.25, -0.2) is 9.50 Å². The van der Waals surface area contributed by atoms with Gasteiger partial charge in [0.2, 0.25) is 0 Å². The summed E-state index contributed by atoms with van der Waals surface area (Å²) in [6.07, 6.45) is 4.98. The van der Waals surface area contributed by atoms with Crippen LogP contribution in [0, 0.1) is 5.92 Å². The van der Waals surface area contributed by atoms with E-state index in [9.17, 15) is 14.7 Å². The molecule has 0 aliphatic heterocycles. The van der Waals surface area contributed by atoms with Crippen molar-refractivity contribution in [3.63, 3.8) is 0 Å². The number of pyridine rings is 1. The number of nitrogens with one attached hydrogen (secondary N) is 1. The molecule has 1 saturated carbocycles. The third kappa shape index (κ3) is 3.55. The highest BCUT2D eigenvalue weighted by Crippen LogP contribution is 2.35. The Morgan fingerprint density at radius 2 is 2.22 bits per heavy atom. The van der Waals surface area contributed by atoms with E-state index in [1.165, 1.54) is 29.8 Å². The molecule has 0 aromatic carbocycles. The van der Waals surface area contributed by atoms with E-state index in [-0.39, 0.29) is 17.0 Å².